The molecule has 2 nitrogen and oxygen atoms in total. The molecule has 0 aliphatic carbocycles. The molecular weight excluding hydrogens is 218 g/mol. The first-order valence-electron chi connectivity index (χ1n) is 5.03. The average molecular weight is 231 g/mol. The predicted octanol–water partition coefficient (Wildman–Crippen LogP) is 2.79. The third-order valence-electron chi connectivity index (χ3n) is 2.39. The van der Waals surface area contributed by atoms with Crippen LogP contribution in [0.5, 0.6) is 0 Å². The molecule has 1 atom stereocenters. The summed E-state index contributed by atoms with van der Waals surface area (Å²) in [5.41, 5.74) is 3.14. The number of nitrogens with zero attached hydrogens (tertiary/aromatic N) is 1. The molecule has 1 unspecified atom stereocenters. The van der Waals surface area contributed by atoms with Crippen LogP contribution in [0, 0.1) is 6.92 Å². The lowest BCUT2D eigenvalue weighted by atomic mass is 10.1. The van der Waals surface area contributed by atoms with Crippen LogP contribution in [0.1, 0.15) is 5.56 Å². The zero-order valence-corrected chi connectivity index (χ0v) is 10.1. The molecule has 0 aliphatic heterocycles. The van der Waals surface area contributed by atoms with Crippen molar-refractivity contribution in [1.82, 2.24) is 4.98 Å². The van der Waals surface area contributed by atoms with Crippen molar-refractivity contribution >= 4 is 10.8 Å². The minimum atomic E-state index is -0.918. The van der Waals surface area contributed by atoms with E-state index in [4.69, 9.17) is 0 Å². The normalized spacial score (nSPS) is 12.4. The first-order valence-corrected chi connectivity index (χ1v) is 6.59. The lowest BCUT2D eigenvalue weighted by Crippen LogP contribution is -1.88. The molecule has 0 spiro atoms. The van der Waals surface area contributed by atoms with Gasteiger partial charge in [-0.15, -0.1) is 0 Å². The Hall–Kier alpha value is -1.48. The van der Waals surface area contributed by atoms with Crippen LogP contribution in [0.4, 0.5) is 0 Å². The van der Waals surface area contributed by atoms with Crippen LogP contribution in [-0.2, 0) is 10.8 Å². The standard InChI is InChI=1S/C13H13NOS/c1-10-3-8-13(14-9-10)11-4-6-12(7-5-11)16(2)15/h3-9H,1-2H3. The maximum atomic E-state index is 11.2. The van der Waals surface area contributed by atoms with Crippen molar-refractivity contribution < 1.29 is 4.21 Å². The van der Waals surface area contributed by atoms with Gasteiger partial charge in [-0.3, -0.25) is 9.19 Å². The molecule has 16 heavy (non-hydrogen) atoms. The SMILES string of the molecule is Cc1ccc(-c2ccc(S(C)=O)cc2)nc1. The Kier molecular flexibility index (Phi) is 3.15. The Labute approximate surface area is 97.8 Å². The summed E-state index contributed by atoms with van der Waals surface area (Å²) in [7, 11) is -0.918. The van der Waals surface area contributed by atoms with Crippen LogP contribution in [0.25, 0.3) is 11.3 Å². The number of rotatable bonds is 2. The van der Waals surface area contributed by atoms with Crippen molar-refractivity contribution in [3.05, 3.63) is 48.2 Å². The number of aryl methyl sites for hydroxylation is 1. The Balaban J connectivity index is 2.34. The quantitative estimate of drug-likeness (QED) is 0.795. The van der Waals surface area contributed by atoms with Gasteiger partial charge in [0, 0.05) is 33.7 Å². The molecule has 0 bridgehead atoms. The van der Waals surface area contributed by atoms with Crippen LogP contribution < -0.4 is 0 Å². The second kappa shape index (κ2) is 4.58. The molecule has 0 saturated heterocycles. The molecule has 0 fully saturated rings. The van der Waals surface area contributed by atoms with E-state index in [-0.39, 0.29) is 0 Å². The Morgan fingerprint density at radius 1 is 1.06 bits per heavy atom. The summed E-state index contributed by atoms with van der Waals surface area (Å²) in [5, 5.41) is 0. The summed E-state index contributed by atoms with van der Waals surface area (Å²) < 4.78 is 11.2. The first-order chi connectivity index (χ1) is 7.66. The van der Waals surface area contributed by atoms with E-state index in [0.717, 1.165) is 21.7 Å². The van der Waals surface area contributed by atoms with Gasteiger partial charge < -0.3 is 0 Å². The summed E-state index contributed by atoms with van der Waals surface area (Å²) in [6, 6.07) is 11.7. The lowest BCUT2D eigenvalue weighted by Gasteiger charge is -2.02. The fourth-order valence-corrected chi connectivity index (χ4v) is 1.98. The van der Waals surface area contributed by atoms with Gasteiger partial charge >= 0.3 is 0 Å². The highest BCUT2D eigenvalue weighted by Gasteiger charge is 2.00. The molecule has 3 heteroatoms. The molecule has 1 aromatic heterocycles. The monoisotopic (exact) mass is 231 g/mol. The number of hydrogen-bond acceptors (Lipinski definition) is 2. The second-order valence-corrected chi connectivity index (χ2v) is 5.08. The fraction of sp³-hybridized carbons (Fsp3) is 0.154. The molecule has 0 aliphatic rings. The summed E-state index contributed by atoms with van der Waals surface area (Å²) in [6.45, 7) is 2.01. The highest BCUT2D eigenvalue weighted by molar-refractivity contribution is 7.84. The van der Waals surface area contributed by atoms with E-state index in [2.05, 4.69) is 4.98 Å². The second-order valence-electron chi connectivity index (χ2n) is 3.70. The summed E-state index contributed by atoms with van der Waals surface area (Å²) in [6.07, 6.45) is 3.53. The van der Waals surface area contributed by atoms with Crippen LogP contribution in [0.3, 0.4) is 0 Å². The molecule has 0 radical (unpaired) electrons. The van der Waals surface area contributed by atoms with Crippen molar-refractivity contribution in [2.45, 2.75) is 11.8 Å². The molecular formula is C13H13NOS. The summed E-state index contributed by atoms with van der Waals surface area (Å²) in [5.74, 6) is 0. The van der Waals surface area contributed by atoms with Gasteiger partial charge in [0.2, 0.25) is 0 Å². The van der Waals surface area contributed by atoms with E-state index < -0.39 is 10.8 Å². The van der Waals surface area contributed by atoms with Gasteiger partial charge in [0.05, 0.1) is 5.69 Å². The van der Waals surface area contributed by atoms with E-state index in [1.165, 1.54) is 0 Å². The first kappa shape index (κ1) is 11.0. The zero-order chi connectivity index (χ0) is 11.5. The smallest absolute Gasteiger partial charge is 0.0702 e. The molecule has 2 aromatic rings. The van der Waals surface area contributed by atoms with Crippen molar-refractivity contribution in [3.8, 4) is 11.3 Å². The van der Waals surface area contributed by atoms with Gasteiger partial charge in [-0.1, -0.05) is 18.2 Å². The van der Waals surface area contributed by atoms with Gasteiger partial charge in [-0.05, 0) is 30.7 Å². The fourth-order valence-electron chi connectivity index (χ4n) is 1.46. The Morgan fingerprint density at radius 2 is 1.75 bits per heavy atom. The maximum absolute atomic E-state index is 11.2. The van der Waals surface area contributed by atoms with Crippen LogP contribution in [-0.4, -0.2) is 15.4 Å². The molecule has 2 rings (SSSR count). The zero-order valence-electron chi connectivity index (χ0n) is 9.31. The summed E-state index contributed by atoms with van der Waals surface area (Å²) in [4.78, 5) is 5.19. The predicted molar refractivity (Wildman–Crippen MR) is 66.7 cm³/mol. The van der Waals surface area contributed by atoms with Crippen LogP contribution in [0.2, 0.25) is 0 Å². The van der Waals surface area contributed by atoms with Crippen molar-refractivity contribution in [2.75, 3.05) is 6.26 Å². The third-order valence-corrected chi connectivity index (χ3v) is 3.33. The van der Waals surface area contributed by atoms with Crippen LogP contribution in [0.15, 0.2) is 47.5 Å². The number of benzene rings is 1. The van der Waals surface area contributed by atoms with Gasteiger partial charge in [0.1, 0.15) is 0 Å². The van der Waals surface area contributed by atoms with E-state index in [0.29, 0.717) is 0 Å². The highest BCUT2D eigenvalue weighted by Crippen LogP contribution is 2.18. The van der Waals surface area contributed by atoms with Gasteiger partial charge in [-0.2, -0.15) is 0 Å². The van der Waals surface area contributed by atoms with E-state index in [9.17, 15) is 4.21 Å². The molecule has 1 aromatic carbocycles. The van der Waals surface area contributed by atoms with E-state index in [1.54, 1.807) is 6.26 Å². The van der Waals surface area contributed by atoms with E-state index >= 15 is 0 Å². The number of pyridine rings is 1. The van der Waals surface area contributed by atoms with Crippen molar-refractivity contribution in [3.63, 3.8) is 0 Å². The van der Waals surface area contributed by atoms with Crippen LogP contribution >= 0.6 is 0 Å². The number of hydrogen-bond donors (Lipinski definition) is 0. The third kappa shape index (κ3) is 2.36. The minimum absolute atomic E-state index is 0.843. The van der Waals surface area contributed by atoms with Crippen molar-refractivity contribution in [2.24, 2.45) is 0 Å². The highest BCUT2D eigenvalue weighted by atomic mass is 32.2. The lowest BCUT2D eigenvalue weighted by molar-refractivity contribution is 0.687. The number of aromatic nitrogens is 1. The van der Waals surface area contributed by atoms with Gasteiger partial charge in [0.15, 0.2) is 0 Å². The maximum Gasteiger partial charge on any atom is 0.0702 e. The molecule has 0 N–H and O–H groups in total. The van der Waals surface area contributed by atoms with Gasteiger partial charge in [-0.25, -0.2) is 0 Å². The molecule has 1 heterocycles. The topological polar surface area (TPSA) is 30.0 Å². The largest absolute Gasteiger partial charge is 0.256 e. The summed E-state index contributed by atoms with van der Waals surface area (Å²) >= 11 is 0. The Morgan fingerprint density at radius 3 is 2.25 bits per heavy atom. The van der Waals surface area contributed by atoms with Gasteiger partial charge in [0.25, 0.3) is 0 Å². The average Bonchev–Trinajstić information content (AvgIpc) is 2.30. The van der Waals surface area contributed by atoms with E-state index in [1.807, 2.05) is 49.5 Å². The minimum Gasteiger partial charge on any atom is -0.256 e. The Bertz CT molecular complexity index is 502. The molecule has 82 valence electrons. The molecule has 0 amide bonds. The van der Waals surface area contributed by atoms with Crippen molar-refractivity contribution in [1.29, 1.82) is 0 Å². The molecule has 0 saturated carbocycles.